The van der Waals surface area contributed by atoms with Gasteiger partial charge in [0.15, 0.2) is 5.96 Å². The van der Waals surface area contributed by atoms with E-state index in [9.17, 15) is 0 Å². The number of piperazine rings is 1. The Bertz CT molecular complexity index is 421. The number of guanidine groups is 1. The van der Waals surface area contributed by atoms with E-state index in [2.05, 4.69) is 51.3 Å². The van der Waals surface area contributed by atoms with Crippen molar-refractivity contribution in [2.45, 2.75) is 50.4 Å². The second-order valence-corrected chi connectivity index (χ2v) is 7.70. The number of rotatable bonds is 4. The van der Waals surface area contributed by atoms with E-state index < -0.39 is 0 Å². The van der Waals surface area contributed by atoms with Crippen LogP contribution in [0.4, 0.5) is 0 Å². The maximum atomic E-state index is 4.43. The first-order chi connectivity index (χ1) is 11.1. The number of nitrogens with zero attached hydrogens (tertiary/aromatic N) is 4. The highest BCUT2D eigenvalue weighted by Gasteiger charge is 2.38. The summed E-state index contributed by atoms with van der Waals surface area (Å²) in [6.45, 7) is 7.91. The van der Waals surface area contributed by atoms with Gasteiger partial charge in [0.1, 0.15) is 0 Å². The van der Waals surface area contributed by atoms with Crippen molar-refractivity contribution in [3.63, 3.8) is 0 Å². The van der Waals surface area contributed by atoms with Gasteiger partial charge in [0.2, 0.25) is 0 Å². The van der Waals surface area contributed by atoms with Crippen LogP contribution < -0.4 is 10.6 Å². The third-order valence-electron chi connectivity index (χ3n) is 5.69. The summed E-state index contributed by atoms with van der Waals surface area (Å²) in [5.74, 6) is 0.960. The predicted octanol–water partition coefficient (Wildman–Crippen LogP) is 0.0224. The maximum Gasteiger partial charge on any atom is 0.191 e. The molecule has 0 aromatic heterocycles. The molecule has 0 aromatic carbocycles. The standard InChI is InChI=1S/C17H34N6/c1-13-9-14(11-23(13)15-5-6-15)20-17(18-2)19-10-16-12-21(3)7-8-22(16)4/h13-16H,5-12H2,1-4H3,(H2,18,19,20). The lowest BCUT2D eigenvalue weighted by molar-refractivity contribution is 0.116. The molecule has 6 nitrogen and oxygen atoms in total. The summed E-state index contributed by atoms with van der Waals surface area (Å²) in [5, 5.41) is 7.18. The van der Waals surface area contributed by atoms with Crippen molar-refractivity contribution >= 4 is 5.96 Å². The Morgan fingerprint density at radius 1 is 1.17 bits per heavy atom. The monoisotopic (exact) mass is 322 g/mol. The number of aliphatic imine (C=N–C) groups is 1. The van der Waals surface area contributed by atoms with Crippen molar-refractivity contribution in [2.75, 3.05) is 53.9 Å². The lowest BCUT2D eigenvalue weighted by Gasteiger charge is -2.38. The van der Waals surface area contributed by atoms with Crippen molar-refractivity contribution in [1.82, 2.24) is 25.3 Å². The average molecular weight is 323 g/mol. The van der Waals surface area contributed by atoms with Gasteiger partial charge >= 0.3 is 0 Å². The number of hydrogen-bond acceptors (Lipinski definition) is 4. The molecule has 2 N–H and O–H groups in total. The molecular weight excluding hydrogens is 288 g/mol. The van der Waals surface area contributed by atoms with Crippen LogP contribution in [-0.4, -0.2) is 98.7 Å². The smallest absolute Gasteiger partial charge is 0.191 e. The summed E-state index contributed by atoms with van der Waals surface area (Å²) < 4.78 is 0. The quantitative estimate of drug-likeness (QED) is 0.565. The van der Waals surface area contributed by atoms with Gasteiger partial charge in [-0.3, -0.25) is 14.8 Å². The summed E-state index contributed by atoms with van der Waals surface area (Å²) in [4.78, 5) is 12.0. The molecule has 6 heteroatoms. The van der Waals surface area contributed by atoms with Gasteiger partial charge in [-0.2, -0.15) is 0 Å². The molecule has 3 fully saturated rings. The second kappa shape index (κ2) is 7.36. The molecule has 0 bridgehead atoms. The van der Waals surface area contributed by atoms with E-state index in [4.69, 9.17) is 0 Å². The molecule has 132 valence electrons. The van der Waals surface area contributed by atoms with Crippen molar-refractivity contribution in [2.24, 2.45) is 4.99 Å². The van der Waals surface area contributed by atoms with Gasteiger partial charge in [-0.1, -0.05) is 0 Å². The Kier molecular flexibility index (Phi) is 5.44. The topological polar surface area (TPSA) is 46.1 Å². The molecular formula is C17H34N6. The van der Waals surface area contributed by atoms with Crippen LogP contribution in [0.5, 0.6) is 0 Å². The number of likely N-dealkylation sites (tertiary alicyclic amines) is 1. The van der Waals surface area contributed by atoms with Crippen LogP contribution in [0.25, 0.3) is 0 Å². The van der Waals surface area contributed by atoms with Gasteiger partial charge in [-0.05, 0) is 40.3 Å². The summed E-state index contributed by atoms with van der Waals surface area (Å²) in [6, 6.07) is 2.65. The Morgan fingerprint density at radius 3 is 2.65 bits per heavy atom. The minimum atomic E-state index is 0.531. The molecule has 2 saturated heterocycles. The zero-order chi connectivity index (χ0) is 16.4. The lowest BCUT2D eigenvalue weighted by atomic mass is 10.2. The van der Waals surface area contributed by atoms with Crippen molar-refractivity contribution in [1.29, 1.82) is 0 Å². The maximum absolute atomic E-state index is 4.43. The van der Waals surface area contributed by atoms with Gasteiger partial charge in [-0.25, -0.2) is 0 Å². The molecule has 3 unspecified atom stereocenters. The van der Waals surface area contributed by atoms with E-state index in [-0.39, 0.29) is 0 Å². The Labute approximate surface area is 141 Å². The first kappa shape index (κ1) is 17.0. The average Bonchev–Trinajstić information content (AvgIpc) is 3.30. The number of nitrogens with one attached hydrogen (secondary N) is 2. The number of likely N-dealkylation sites (N-methyl/N-ethyl adjacent to an activating group) is 2. The Balaban J connectivity index is 1.45. The van der Waals surface area contributed by atoms with Crippen LogP contribution >= 0.6 is 0 Å². The summed E-state index contributed by atoms with van der Waals surface area (Å²) in [5.41, 5.74) is 0. The molecule has 0 aromatic rings. The zero-order valence-electron chi connectivity index (χ0n) is 15.3. The van der Waals surface area contributed by atoms with E-state index in [1.807, 2.05) is 7.05 Å². The largest absolute Gasteiger partial charge is 0.355 e. The van der Waals surface area contributed by atoms with Crippen LogP contribution in [0.3, 0.4) is 0 Å². The highest BCUT2D eigenvalue weighted by atomic mass is 15.3. The lowest BCUT2D eigenvalue weighted by Crippen LogP contribution is -2.56. The SMILES string of the molecule is CN=C(NCC1CN(C)CCN1C)NC1CC(C)N(C2CC2)C1. The van der Waals surface area contributed by atoms with Crippen LogP contribution in [-0.2, 0) is 0 Å². The molecule has 0 amide bonds. The molecule has 3 atom stereocenters. The van der Waals surface area contributed by atoms with Gasteiger partial charge in [0, 0.05) is 63.9 Å². The van der Waals surface area contributed by atoms with Crippen LogP contribution in [0.2, 0.25) is 0 Å². The van der Waals surface area contributed by atoms with Gasteiger partial charge in [0.05, 0.1) is 0 Å². The third kappa shape index (κ3) is 4.37. The fraction of sp³-hybridized carbons (Fsp3) is 0.941. The predicted molar refractivity (Wildman–Crippen MR) is 96.0 cm³/mol. The first-order valence-electron chi connectivity index (χ1n) is 9.18. The first-order valence-corrected chi connectivity index (χ1v) is 9.18. The molecule has 3 aliphatic rings. The highest BCUT2D eigenvalue weighted by molar-refractivity contribution is 5.80. The summed E-state index contributed by atoms with van der Waals surface area (Å²) in [7, 11) is 6.31. The molecule has 23 heavy (non-hydrogen) atoms. The van der Waals surface area contributed by atoms with Crippen molar-refractivity contribution < 1.29 is 0 Å². The van der Waals surface area contributed by atoms with Crippen LogP contribution in [0, 0.1) is 0 Å². The van der Waals surface area contributed by atoms with Crippen LogP contribution in [0.1, 0.15) is 26.2 Å². The molecule has 0 spiro atoms. The van der Waals surface area contributed by atoms with E-state index in [1.165, 1.54) is 25.8 Å². The molecule has 1 aliphatic carbocycles. The second-order valence-electron chi connectivity index (χ2n) is 7.70. The summed E-state index contributed by atoms with van der Waals surface area (Å²) in [6.07, 6.45) is 4.01. The Hall–Kier alpha value is -0.850. The molecule has 1 saturated carbocycles. The molecule has 0 radical (unpaired) electrons. The minimum Gasteiger partial charge on any atom is -0.355 e. The minimum absolute atomic E-state index is 0.531. The van der Waals surface area contributed by atoms with Gasteiger partial charge < -0.3 is 15.5 Å². The van der Waals surface area contributed by atoms with E-state index in [0.717, 1.165) is 38.2 Å². The Morgan fingerprint density at radius 2 is 1.96 bits per heavy atom. The van der Waals surface area contributed by atoms with Gasteiger partial charge in [-0.15, -0.1) is 0 Å². The van der Waals surface area contributed by atoms with Gasteiger partial charge in [0.25, 0.3) is 0 Å². The van der Waals surface area contributed by atoms with Crippen LogP contribution in [0.15, 0.2) is 4.99 Å². The molecule has 2 heterocycles. The van der Waals surface area contributed by atoms with Crippen molar-refractivity contribution in [3.8, 4) is 0 Å². The molecule has 2 aliphatic heterocycles. The van der Waals surface area contributed by atoms with E-state index >= 15 is 0 Å². The van der Waals surface area contributed by atoms with E-state index in [1.54, 1.807) is 0 Å². The van der Waals surface area contributed by atoms with Crippen molar-refractivity contribution in [3.05, 3.63) is 0 Å². The summed E-state index contributed by atoms with van der Waals surface area (Å²) >= 11 is 0. The number of hydrogen-bond donors (Lipinski definition) is 2. The third-order valence-corrected chi connectivity index (χ3v) is 5.69. The highest BCUT2D eigenvalue weighted by Crippen LogP contribution is 2.33. The van der Waals surface area contributed by atoms with E-state index in [0.29, 0.717) is 18.1 Å². The molecule has 3 rings (SSSR count). The normalized spacial score (nSPS) is 34.8. The zero-order valence-corrected chi connectivity index (χ0v) is 15.3. The fourth-order valence-electron chi connectivity index (χ4n) is 4.00. The fourth-order valence-corrected chi connectivity index (χ4v) is 4.00.